The van der Waals surface area contributed by atoms with Crippen molar-refractivity contribution < 1.29 is 23.3 Å². The molecule has 2 aromatic carbocycles. The third-order valence-corrected chi connectivity index (χ3v) is 7.27. The number of pyridine rings is 1. The summed E-state index contributed by atoms with van der Waals surface area (Å²) in [6.07, 6.45) is 2.54. The van der Waals surface area contributed by atoms with E-state index in [1.807, 2.05) is 0 Å². The number of benzene rings is 2. The molecular weight excluding hydrogens is 544 g/mol. The molecule has 208 valence electrons. The summed E-state index contributed by atoms with van der Waals surface area (Å²) in [7, 11) is -1.49. The maximum atomic E-state index is 13.3. The number of nitrogens with one attached hydrogen (secondary N) is 1. The second-order valence-electron chi connectivity index (χ2n) is 9.00. The van der Waals surface area contributed by atoms with E-state index in [9.17, 15) is 18.6 Å². The lowest BCUT2D eigenvalue weighted by Crippen LogP contribution is -2.16. The summed E-state index contributed by atoms with van der Waals surface area (Å²) in [6.45, 7) is 3.05. The van der Waals surface area contributed by atoms with Crippen molar-refractivity contribution in [2.75, 3.05) is 17.3 Å². The van der Waals surface area contributed by atoms with Crippen LogP contribution >= 0.6 is 0 Å². The molecule has 0 spiro atoms. The highest BCUT2D eigenvalue weighted by atomic mass is 32.2. The summed E-state index contributed by atoms with van der Waals surface area (Å²) in [5, 5.41) is 7.00. The largest absolute Gasteiger partial charge is 0.427 e. The second-order valence-corrected chi connectivity index (χ2v) is 11.3. The van der Waals surface area contributed by atoms with Crippen LogP contribution in [0.3, 0.4) is 0 Å². The molecule has 0 aliphatic rings. The van der Waals surface area contributed by atoms with Crippen molar-refractivity contribution in [3.05, 3.63) is 94.9 Å². The van der Waals surface area contributed by atoms with E-state index in [0.717, 1.165) is 5.69 Å². The molecule has 41 heavy (non-hydrogen) atoms. The Kier molecular flexibility index (Phi) is 8.30. The highest BCUT2D eigenvalue weighted by molar-refractivity contribution is 7.93. The SMILES string of the molecule is CC(=O)Oc1cccc(S(C)(=O)=NC(=O)c2cnc(N)c(C#Cc3cccc(NC(=O)c4cc(C)nn4C)c3)c2)c1. The van der Waals surface area contributed by atoms with Gasteiger partial charge in [-0.05, 0) is 55.5 Å². The molecule has 0 bridgehead atoms. The topological polar surface area (TPSA) is 159 Å². The van der Waals surface area contributed by atoms with E-state index in [0.29, 0.717) is 16.9 Å². The summed E-state index contributed by atoms with van der Waals surface area (Å²) in [5.74, 6) is 4.51. The molecule has 1 atom stereocenters. The normalized spacial score (nSPS) is 11.9. The van der Waals surface area contributed by atoms with Gasteiger partial charge in [0.25, 0.3) is 11.8 Å². The summed E-state index contributed by atoms with van der Waals surface area (Å²) in [6, 6.07) is 16.0. The van der Waals surface area contributed by atoms with Crippen LogP contribution in [0.25, 0.3) is 0 Å². The van der Waals surface area contributed by atoms with E-state index in [2.05, 4.69) is 31.6 Å². The predicted octanol–water partition coefficient (Wildman–Crippen LogP) is 3.58. The van der Waals surface area contributed by atoms with Crippen LogP contribution in [0.2, 0.25) is 0 Å². The van der Waals surface area contributed by atoms with Gasteiger partial charge in [-0.1, -0.05) is 24.0 Å². The standard InChI is InChI=1S/C29H26N6O5S/c1-18-13-26(35(3)33-18)29(38)32-23-8-5-7-20(14-23)11-12-21-15-22(17-31-27(21)30)28(37)34-41(4,39)25-10-6-9-24(16-25)40-19(2)36/h5-10,13-17H,1-4H3,(H2,30,31)(H,32,38). The van der Waals surface area contributed by atoms with Crippen LogP contribution in [-0.4, -0.2) is 43.0 Å². The first-order valence-corrected chi connectivity index (χ1v) is 14.1. The van der Waals surface area contributed by atoms with Gasteiger partial charge in [0.2, 0.25) is 0 Å². The quantitative estimate of drug-likeness (QED) is 0.209. The number of nitrogens with two attached hydrogens (primary N) is 1. The molecule has 0 saturated carbocycles. The molecule has 2 aromatic heterocycles. The van der Waals surface area contributed by atoms with Gasteiger partial charge in [-0.25, -0.2) is 9.19 Å². The van der Waals surface area contributed by atoms with Gasteiger partial charge in [0.05, 0.1) is 31.4 Å². The fourth-order valence-electron chi connectivity index (χ4n) is 3.73. The number of aromatic nitrogens is 3. The second kappa shape index (κ2) is 11.8. The van der Waals surface area contributed by atoms with Crippen molar-refractivity contribution in [1.82, 2.24) is 14.8 Å². The number of anilines is 2. The molecule has 4 aromatic rings. The zero-order valence-electron chi connectivity index (χ0n) is 22.7. The van der Waals surface area contributed by atoms with Gasteiger partial charge in [-0.15, -0.1) is 0 Å². The van der Waals surface area contributed by atoms with Crippen molar-refractivity contribution in [3.63, 3.8) is 0 Å². The molecule has 12 heteroatoms. The number of esters is 1. The van der Waals surface area contributed by atoms with E-state index >= 15 is 0 Å². The lowest BCUT2D eigenvalue weighted by atomic mass is 10.1. The van der Waals surface area contributed by atoms with Gasteiger partial charge in [-0.2, -0.15) is 9.46 Å². The number of nitrogen functional groups attached to an aromatic ring is 1. The minimum absolute atomic E-state index is 0.0432. The zero-order valence-corrected chi connectivity index (χ0v) is 23.5. The molecule has 0 radical (unpaired) electrons. The van der Waals surface area contributed by atoms with E-state index in [1.54, 1.807) is 50.4 Å². The third-order valence-electron chi connectivity index (χ3n) is 5.62. The van der Waals surface area contributed by atoms with E-state index in [4.69, 9.17) is 10.5 Å². The molecule has 0 aliphatic heterocycles. The van der Waals surface area contributed by atoms with Gasteiger partial charge in [0.1, 0.15) is 17.3 Å². The predicted molar refractivity (Wildman–Crippen MR) is 154 cm³/mol. The number of aryl methyl sites for hydroxylation is 2. The average Bonchev–Trinajstić information content (AvgIpc) is 3.25. The zero-order chi connectivity index (χ0) is 29.7. The molecule has 2 amide bonds. The van der Waals surface area contributed by atoms with Crippen LogP contribution in [0.1, 0.15) is 44.6 Å². The van der Waals surface area contributed by atoms with Crippen LogP contribution < -0.4 is 15.8 Å². The Labute approximate surface area is 236 Å². The Bertz CT molecular complexity index is 1880. The Morgan fingerprint density at radius 3 is 2.54 bits per heavy atom. The van der Waals surface area contributed by atoms with Crippen molar-refractivity contribution in [2.24, 2.45) is 11.4 Å². The number of hydrogen-bond donors (Lipinski definition) is 2. The molecule has 0 fully saturated rings. The molecule has 11 nitrogen and oxygen atoms in total. The summed E-state index contributed by atoms with van der Waals surface area (Å²) < 4.78 is 23.7. The molecular formula is C29H26N6O5S. The van der Waals surface area contributed by atoms with Crippen LogP contribution in [0.5, 0.6) is 5.75 Å². The first-order valence-electron chi connectivity index (χ1n) is 12.2. The van der Waals surface area contributed by atoms with E-state index < -0.39 is 21.6 Å². The smallest absolute Gasteiger partial charge is 0.308 e. The number of amides is 2. The van der Waals surface area contributed by atoms with Gasteiger partial charge in [0, 0.05) is 37.7 Å². The van der Waals surface area contributed by atoms with Crippen molar-refractivity contribution in [1.29, 1.82) is 0 Å². The maximum absolute atomic E-state index is 13.3. The molecule has 4 rings (SSSR count). The minimum Gasteiger partial charge on any atom is -0.427 e. The molecule has 0 saturated heterocycles. The van der Waals surface area contributed by atoms with Gasteiger partial charge in [-0.3, -0.25) is 19.1 Å². The Balaban J connectivity index is 1.56. The Hall–Kier alpha value is -5.28. The summed E-state index contributed by atoms with van der Waals surface area (Å²) in [5.41, 5.74) is 8.55. The first kappa shape index (κ1) is 28.7. The van der Waals surface area contributed by atoms with E-state index in [-0.39, 0.29) is 33.5 Å². The number of hydrogen-bond acceptors (Lipinski definition) is 8. The van der Waals surface area contributed by atoms with Crippen LogP contribution in [0.4, 0.5) is 11.5 Å². The Morgan fingerprint density at radius 2 is 1.83 bits per heavy atom. The van der Waals surface area contributed by atoms with Gasteiger partial charge < -0.3 is 15.8 Å². The number of carbonyl (C=O) groups is 3. The first-order chi connectivity index (χ1) is 19.4. The molecule has 1 unspecified atom stereocenters. The van der Waals surface area contributed by atoms with Crippen molar-refractivity contribution in [3.8, 4) is 17.6 Å². The van der Waals surface area contributed by atoms with Crippen LogP contribution in [0.15, 0.2) is 76.1 Å². The highest BCUT2D eigenvalue weighted by Gasteiger charge is 2.15. The maximum Gasteiger partial charge on any atom is 0.308 e. The van der Waals surface area contributed by atoms with Gasteiger partial charge in [0.15, 0.2) is 0 Å². The van der Waals surface area contributed by atoms with E-state index in [1.165, 1.54) is 48.3 Å². The monoisotopic (exact) mass is 570 g/mol. The van der Waals surface area contributed by atoms with Crippen LogP contribution in [0, 0.1) is 18.8 Å². The van der Waals surface area contributed by atoms with Gasteiger partial charge >= 0.3 is 5.97 Å². The lowest BCUT2D eigenvalue weighted by Gasteiger charge is -2.07. The molecule has 2 heterocycles. The molecule has 3 N–H and O–H groups in total. The third kappa shape index (κ3) is 7.23. The summed E-state index contributed by atoms with van der Waals surface area (Å²) >= 11 is 0. The number of ether oxygens (including phenoxy) is 1. The lowest BCUT2D eigenvalue weighted by molar-refractivity contribution is -0.131. The minimum atomic E-state index is -3.18. The summed E-state index contributed by atoms with van der Waals surface area (Å²) in [4.78, 5) is 41.0. The average molecular weight is 571 g/mol. The number of carbonyl (C=O) groups excluding carboxylic acids is 3. The van der Waals surface area contributed by atoms with Crippen molar-refractivity contribution in [2.45, 2.75) is 18.7 Å². The highest BCUT2D eigenvalue weighted by Crippen LogP contribution is 2.21. The fourth-order valence-corrected chi connectivity index (χ4v) is 4.92. The number of nitrogens with zero attached hydrogens (tertiary/aromatic N) is 4. The van der Waals surface area contributed by atoms with Crippen LogP contribution in [-0.2, 0) is 21.6 Å². The number of rotatable bonds is 5. The molecule has 0 aliphatic carbocycles. The van der Waals surface area contributed by atoms with Crippen molar-refractivity contribution >= 4 is 39.0 Å². The fraction of sp³-hybridized carbons (Fsp3) is 0.138. The Morgan fingerprint density at radius 1 is 1.07 bits per heavy atom.